The predicted molar refractivity (Wildman–Crippen MR) is 108 cm³/mol. The van der Waals surface area contributed by atoms with E-state index in [-0.39, 0.29) is 5.82 Å². The molecule has 0 aliphatic carbocycles. The van der Waals surface area contributed by atoms with E-state index in [1.54, 1.807) is 13.1 Å². The van der Waals surface area contributed by atoms with Gasteiger partial charge in [0.05, 0.1) is 11.9 Å². The third kappa shape index (κ3) is 5.35. The van der Waals surface area contributed by atoms with Crippen LogP contribution >= 0.6 is 11.6 Å². The number of rotatable bonds is 5. The molecule has 1 aromatic carbocycles. The first-order valence-corrected chi connectivity index (χ1v) is 9.57. The van der Waals surface area contributed by atoms with E-state index in [0.717, 1.165) is 43.1 Å². The lowest BCUT2D eigenvalue weighted by Gasteiger charge is -2.34. The Labute approximate surface area is 164 Å². The number of halogens is 2. The molecule has 2 N–H and O–H groups in total. The predicted octanol–water partition coefficient (Wildman–Crippen LogP) is 2.59. The van der Waals surface area contributed by atoms with Gasteiger partial charge >= 0.3 is 0 Å². The Kier molecular flexibility index (Phi) is 6.55. The molecule has 6 nitrogen and oxygen atoms in total. The van der Waals surface area contributed by atoms with E-state index in [1.165, 1.54) is 12.1 Å². The van der Waals surface area contributed by atoms with Crippen LogP contribution in [0.25, 0.3) is 0 Å². The lowest BCUT2D eigenvalue weighted by atomic mass is 10.1. The molecule has 0 bridgehead atoms. The van der Waals surface area contributed by atoms with Gasteiger partial charge in [-0.15, -0.1) is 0 Å². The molecule has 27 heavy (non-hydrogen) atoms. The number of nitrogens with one attached hydrogen (secondary N) is 2. The molecule has 2 aromatic rings. The van der Waals surface area contributed by atoms with Gasteiger partial charge in [0.1, 0.15) is 5.82 Å². The summed E-state index contributed by atoms with van der Waals surface area (Å²) in [5.41, 5.74) is 2.07. The maximum atomic E-state index is 13.1. The Hall–Kier alpha value is -2.28. The molecule has 1 fully saturated rings. The lowest BCUT2D eigenvalue weighted by molar-refractivity contribution is 0.468. The highest BCUT2D eigenvalue weighted by atomic mass is 35.5. The number of benzene rings is 1. The molecule has 1 saturated heterocycles. The van der Waals surface area contributed by atoms with Gasteiger partial charge in [0, 0.05) is 51.0 Å². The quantitative estimate of drug-likeness (QED) is 0.606. The van der Waals surface area contributed by atoms with Crippen LogP contribution in [-0.4, -0.2) is 48.5 Å². The van der Waals surface area contributed by atoms with Crippen molar-refractivity contribution in [3.8, 4) is 0 Å². The smallest absolute Gasteiger partial charge is 0.191 e. The molecule has 2 heterocycles. The second-order valence-corrected chi connectivity index (χ2v) is 7.19. The highest BCUT2D eigenvalue weighted by Crippen LogP contribution is 2.19. The average molecular weight is 393 g/mol. The minimum Gasteiger partial charge on any atom is -0.367 e. The molecule has 3 rings (SSSR count). The Morgan fingerprint density at radius 3 is 3.00 bits per heavy atom. The number of aliphatic imine (C=N–C) groups is 1. The highest BCUT2D eigenvalue weighted by Gasteiger charge is 2.21. The van der Waals surface area contributed by atoms with E-state index in [4.69, 9.17) is 11.6 Å². The summed E-state index contributed by atoms with van der Waals surface area (Å²) in [5, 5.41) is 11.5. The van der Waals surface area contributed by atoms with Crippen LogP contribution in [0.4, 0.5) is 10.1 Å². The van der Waals surface area contributed by atoms with E-state index in [2.05, 4.69) is 25.6 Å². The second kappa shape index (κ2) is 9.08. The van der Waals surface area contributed by atoms with E-state index in [0.29, 0.717) is 24.0 Å². The van der Waals surface area contributed by atoms with Crippen LogP contribution in [0.5, 0.6) is 0 Å². The van der Waals surface area contributed by atoms with Crippen molar-refractivity contribution in [1.82, 2.24) is 20.4 Å². The summed E-state index contributed by atoms with van der Waals surface area (Å²) in [6.07, 6.45) is 6.87. The number of aromatic nitrogens is 2. The molecule has 146 valence electrons. The molecule has 1 atom stereocenters. The van der Waals surface area contributed by atoms with Crippen LogP contribution in [0.1, 0.15) is 18.4 Å². The number of anilines is 1. The summed E-state index contributed by atoms with van der Waals surface area (Å²) in [7, 11) is 3.70. The molecule has 0 amide bonds. The van der Waals surface area contributed by atoms with Crippen molar-refractivity contribution in [2.24, 2.45) is 12.0 Å². The number of aryl methyl sites for hydroxylation is 1. The minimum absolute atomic E-state index is 0.315. The van der Waals surface area contributed by atoms with Crippen molar-refractivity contribution in [2.75, 3.05) is 31.6 Å². The maximum absolute atomic E-state index is 13.1. The third-order valence-electron chi connectivity index (χ3n) is 4.74. The maximum Gasteiger partial charge on any atom is 0.191 e. The first-order valence-electron chi connectivity index (χ1n) is 9.20. The van der Waals surface area contributed by atoms with Crippen LogP contribution < -0.4 is 15.5 Å². The summed E-state index contributed by atoms with van der Waals surface area (Å²) >= 11 is 6.08. The van der Waals surface area contributed by atoms with E-state index in [9.17, 15) is 4.39 Å². The Balaban J connectivity index is 1.49. The van der Waals surface area contributed by atoms with Gasteiger partial charge in [-0.05, 0) is 37.0 Å². The molecule has 0 spiro atoms. The summed E-state index contributed by atoms with van der Waals surface area (Å²) < 4.78 is 15.0. The molecule has 1 unspecified atom stereocenters. The number of piperidine rings is 1. The zero-order valence-corrected chi connectivity index (χ0v) is 16.5. The summed E-state index contributed by atoms with van der Waals surface area (Å²) in [6.45, 7) is 2.62. The van der Waals surface area contributed by atoms with Gasteiger partial charge < -0.3 is 15.5 Å². The monoisotopic (exact) mass is 392 g/mol. The Bertz CT molecular complexity index is 790. The van der Waals surface area contributed by atoms with Crippen molar-refractivity contribution in [1.29, 1.82) is 0 Å². The molecule has 1 aromatic heterocycles. The van der Waals surface area contributed by atoms with Crippen molar-refractivity contribution < 1.29 is 4.39 Å². The van der Waals surface area contributed by atoms with Crippen molar-refractivity contribution in [3.05, 3.63) is 47.0 Å². The molecule has 1 aliphatic rings. The Morgan fingerprint density at radius 1 is 1.44 bits per heavy atom. The fourth-order valence-corrected chi connectivity index (χ4v) is 3.59. The summed E-state index contributed by atoms with van der Waals surface area (Å²) in [6, 6.07) is 4.82. The van der Waals surface area contributed by atoms with E-state index < -0.39 is 0 Å². The van der Waals surface area contributed by atoms with Crippen LogP contribution in [0, 0.1) is 5.82 Å². The first kappa shape index (κ1) is 19.5. The van der Waals surface area contributed by atoms with Crippen LogP contribution in [0.2, 0.25) is 5.02 Å². The standard InChI is InChI=1S/C19H26ClFN6/c1-22-19(23-8-7-14-5-6-15(21)10-18(14)20)25-16-4-3-9-27(12-16)17-11-24-26(2)13-17/h5-6,10-11,13,16H,3-4,7-9,12H2,1-2H3,(H2,22,23,25). The normalized spacial score (nSPS) is 17.9. The second-order valence-electron chi connectivity index (χ2n) is 6.79. The number of hydrogen-bond acceptors (Lipinski definition) is 3. The van der Waals surface area contributed by atoms with Gasteiger partial charge in [0.25, 0.3) is 0 Å². The van der Waals surface area contributed by atoms with E-state index >= 15 is 0 Å². The number of hydrogen-bond donors (Lipinski definition) is 2. The Morgan fingerprint density at radius 2 is 2.30 bits per heavy atom. The molecular formula is C19H26ClFN6. The first-order chi connectivity index (χ1) is 13.0. The topological polar surface area (TPSA) is 57.5 Å². The fraction of sp³-hybridized carbons (Fsp3) is 0.474. The van der Waals surface area contributed by atoms with Gasteiger partial charge in [0.15, 0.2) is 5.96 Å². The number of guanidine groups is 1. The number of nitrogens with zero attached hydrogens (tertiary/aromatic N) is 4. The van der Waals surface area contributed by atoms with Gasteiger partial charge in [-0.1, -0.05) is 17.7 Å². The minimum atomic E-state index is -0.315. The average Bonchev–Trinajstić information content (AvgIpc) is 3.09. The van der Waals surface area contributed by atoms with E-state index in [1.807, 2.05) is 24.1 Å². The highest BCUT2D eigenvalue weighted by molar-refractivity contribution is 6.31. The fourth-order valence-electron chi connectivity index (χ4n) is 3.33. The van der Waals surface area contributed by atoms with Crippen LogP contribution in [0.3, 0.4) is 0 Å². The van der Waals surface area contributed by atoms with Gasteiger partial charge in [-0.25, -0.2) is 4.39 Å². The molecule has 0 radical (unpaired) electrons. The van der Waals surface area contributed by atoms with Gasteiger partial charge in [-0.3, -0.25) is 9.67 Å². The zero-order valence-electron chi connectivity index (χ0n) is 15.8. The van der Waals surface area contributed by atoms with Crippen molar-refractivity contribution in [2.45, 2.75) is 25.3 Å². The molecule has 8 heteroatoms. The van der Waals surface area contributed by atoms with Crippen molar-refractivity contribution >= 4 is 23.2 Å². The molecule has 0 saturated carbocycles. The lowest BCUT2D eigenvalue weighted by Crippen LogP contribution is -2.51. The van der Waals surface area contributed by atoms with Gasteiger partial charge in [0.2, 0.25) is 0 Å². The van der Waals surface area contributed by atoms with Crippen LogP contribution in [0.15, 0.2) is 35.6 Å². The zero-order chi connectivity index (χ0) is 19.2. The molecular weight excluding hydrogens is 367 g/mol. The molecule has 1 aliphatic heterocycles. The largest absolute Gasteiger partial charge is 0.367 e. The SMILES string of the molecule is CN=C(NCCc1ccc(F)cc1Cl)NC1CCCN(c2cnn(C)c2)C1. The van der Waals surface area contributed by atoms with Crippen molar-refractivity contribution in [3.63, 3.8) is 0 Å². The summed E-state index contributed by atoms with van der Waals surface area (Å²) in [4.78, 5) is 6.67. The van der Waals surface area contributed by atoms with Crippen LogP contribution in [-0.2, 0) is 13.5 Å². The third-order valence-corrected chi connectivity index (χ3v) is 5.10. The van der Waals surface area contributed by atoms with Gasteiger partial charge in [-0.2, -0.15) is 5.10 Å². The summed E-state index contributed by atoms with van der Waals surface area (Å²) in [5.74, 6) is 0.455.